The summed E-state index contributed by atoms with van der Waals surface area (Å²) in [4.78, 5) is 19.0. The molecule has 1 atom stereocenters. The molecule has 1 aliphatic carbocycles. The molecule has 5 rings (SSSR count). The minimum absolute atomic E-state index is 0.0758. The van der Waals surface area contributed by atoms with Crippen LogP contribution in [0.1, 0.15) is 48.9 Å². The van der Waals surface area contributed by atoms with E-state index >= 15 is 0 Å². The minimum Gasteiger partial charge on any atom is -0.346 e. The number of hydrogen-bond donors (Lipinski definition) is 1. The second kappa shape index (κ2) is 6.00. The lowest BCUT2D eigenvalue weighted by atomic mass is 10.0. The van der Waals surface area contributed by atoms with Gasteiger partial charge >= 0.3 is 0 Å². The molecular formula is C19H19F2N5. The molecule has 0 radical (unpaired) electrons. The van der Waals surface area contributed by atoms with Gasteiger partial charge in [-0.05, 0) is 44.6 Å². The van der Waals surface area contributed by atoms with E-state index in [1.165, 1.54) is 36.6 Å². The quantitative estimate of drug-likeness (QED) is 0.759. The summed E-state index contributed by atoms with van der Waals surface area (Å²) in [6.45, 7) is 0.807. The van der Waals surface area contributed by atoms with Crippen LogP contribution >= 0.6 is 0 Å². The molecule has 7 heteroatoms. The van der Waals surface area contributed by atoms with E-state index in [1.807, 2.05) is 0 Å². The van der Waals surface area contributed by atoms with Crippen LogP contribution in [0.25, 0.3) is 10.9 Å². The van der Waals surface area contributed by atoms with Gasteiger partial charge < -0.3 is 9.88 Å². The van der Waals surface area contributed by atoms with Gasteiger partial charge in [-0.25, -0.2) is 23.7 Å². The second-order valence-electron chi connectivity index (χ2n) is 7.09. The summed E-state index contributed by atoms with van der Waals surface area (Å²) in [5, 5.41) is 0.537. The van der Waals surface area contributed by atoms with Gasteiger partial charge in [-0.15, -0.1) is 0 Å². The van der Waals surface area contributed by atoms with Crippen molar-refractivity contribution in [3.63, 3.8) is 0 Å². The third-order valence-corrected chi connectivity index (χ3v) is 5.47. The molecule has 2 aliphatic rings. The first-order chi connectivity index (χ1) is 12.7. The summed E-state index contributed by atoms with van der Waals surface area (Å²) >= 11 is 0. The van der Waals surface area contributed by atoms with E-state index in [9.17, 15) is 8.78 Å². The standard InChI is InChI=1S/C19H19F2N5/c20-12-8-11-16(9-13(12)21)22-10-23-19(11)26-7-3-6-17(26)18-24-14-4-1-2-5-15(14)25-18/h8-10,17H,1-7H2,(H,24,25)/t17-/m1/s1. The number of hydrogen-bond acceptors (Lipinski definition) is 4. The molecular weight excluding hydrogens is 336 g/mol. The Bertz CT molecular complexity index is 960. The lowest BCUT2D eigenvalue weighted by Crippen LogP contribution is -2.25. The number of halogens is 2. The molecule has 1 N–H and O–H groups in total. The predicted molar refractivity (Wildman–Crippen MR) is 94.0 cm³/mol. The Morgan fingerprint density at radius 1 is 1.04 bits per heavy atom. The zero-order valence-corrected chi connectivity index (χ0v) is 14.3. The molecule has 0 bridgehead atoms. The minimum atomic E-state index is -0.890. The highest BCUT2D eigenvalue weighted by Crippen LogP contribution is 2.38. The van der Waals surface area contributed by atoms with Gasteiger partial charge in [-0.1, -0.05) is 0 Å². The molecule has 26 heavy (non-hydrogen) atoms. The number of benzene rings is 1. The molecule has 1 aliphatic heterocycles. The lowest BCUT2D eigenvalue weighted by Gasteiger charge is -2.25. The Kier molecular flexibility index (Phi) is 3.62. The average Bonchev–Trinajstić information content (AvgIpc) is 3.28. The van der Waals surface area contributed by atoms with Crippen molar-refractivity contribution >= 4 is 16.7 Å². The van der Waals surface area contributed by atoms with Crippen LogP contribution in [0, 0.1) is 11.6 Å². The number of imidazole rings is 1. The average molecular weight is 355 g/mol. The van der Waals surface area contributed by atoms with Crippen molar-refractivity contribution in [1.29, 1.82) is 0 Å². The second-order valence-corrected chi connectivity index (χ2v) is 7.09. The number of nitrogens with one attached hydrogen (secondary N) is 1. The fourth-order valence-electron chi connectivity index (χ4n) is 4.20. The first-order valence-corrected chi connectivity index (χ1v) is 9.15. The van der Waals surface area contributed by atoms with Crippen LogP contribution in [0.2, 0.25) is 0 Å². The van der Waals surface area contributed by atoms with E-state index in [1.54, 1.807) is 0 Å². The van der Waals surface area contributed by atoms with Gasteiger partial charge in [0.25, 0.3) is 0 Å². The van der Waals surface area contributed by atoms with E-state index in [2.05, 4.69) is 19.9 Å². The summed E-state index contributed by atoms with van der Waals surface area (Å²) in [5.74, 6) is -0.161. The number of fused-ring (bicyclic) bond motifs is 2. The smallest absolute Gasteiger partial charge is 0.161 e. The van der Waals surface area contributed by atoms with Crippen LogP contribution < -0.4 is 4.90 Å². The molecule has 0 amide bonds. The van der Waals surface area contributed by atoms with Gasteiger partial charge in [-0.2, -0.15) is 0 Å². The Hall–Kier alpha value is -2.57. The van der Waals surface area contributed by atoms with Gasteiger partial charge in [0.2, 0.25) is 0 Å². The monoisotopic (exact) mass is 355 g/mol. The van der Waals surface area contributed by atoms with Crippen LogP contribution in [-0.2, 0) is 12.8 Å². The molecule has 134 valence electrons. The molecule has 0 unspecified atom stereocenters. The van der Waals surface area contributed by atoms with Crippen LogP contribution in [0.15, 0.2) is 18.5 Å². The number of anilines is 1. The SMILES string of the molecule is Fc1cc2ncnc(N3CCC[C@@H]3c3nc4c([nH]3)CCCC4)c2cc1F. The van der Waals surface area contributed by atoms with Gasteiger partial charge in [0, 0.05) is 23.7 Å². The summed E-state index contributed by atoms with van der Waals surface area (Å²) in [7, 11) is 0. The Morgan fingerprint density at radius 3 is 2.77 bits per heavy atom. The molecule has 1 saturated heterocycles. The number of H-pyrrole nitrogens is 1. The topological polar surface area (TPSA) is 57.7 Å². The highest BCUT2D eigenvalue weighted by molar-refractivity contribution is 5.89. The van der Waals surface area contributed by atoms with Crippen LogP contribution in [0.4, 0.5) is 14.6 Å². The first kappa shape index (κ1) is 15.7. The molecule has 5 nitrogen and oxygen atoms in total. The van der Waals surface area contributed by atoms with Crippen molar-refractivity contribution in [3.8, 4) is 0 Å². The number of rotatable bonds is 2. The summed E-state index contributed by atoms with van der Waals surface area (Å²) in [5.41, 5.74) is 2.84. The fourth-order valence-corrected chi connectivity index (χ4v) is 4.20. The van der Waals surface area contributed by atoms with E-state index in [4.69, 9.17) is 4.98 Å². The van der Waals surface area contributed by atoms with Crippen LogP contribution in [0.3, 0.4) is 0 Å². The maximum atomic E-state index is 13.8. The van der Waals surface area contributed by atoms with Crippen LogP contribution in [-0.4, -0.2) is 26.5 Å². The zero-order valence-electron chi connectivity index (χ0n) is 14.3. The largest absolute Gasteiger partial charge is 0.346 e. The number of aryl methyl sites for hydroxylation is 2. The number of aromatic nitrogens is 4. The third kappa shape index (κ3) is 2.45. The van der Waals surface area contributed by atoms with Crippen molar-refractivity contribution in [3.05, 3.63) is 47.3 Å². The summed E-state index contributed by atoms with van der Waals surface area (Å²) in [6, 6.07) is 2.40. The lowest BCUT2D eigenvalue weighted by molar-refractivity contribution is 0.510. The first-order valence-electron chi connectivity index (χ1n) is 9.15. The highest BCUT2D eigenvalue weighted by Gasteiger charge is 2.32. The molecule has 3 aromatic rings. The predicted octanol–water partition coefficient (Wildman–Crippen LogP) is 3.85. The van der Waals surface area contributed by atoms with Gasteiger partial charge in [0.15, 0.2) is 11.6 Å². The van der Waals surface area contributed by atoms with E-state index < -0.39 is 11.6 Å². The van der Waals surface area contributed by atoms with E-state index in [0.29, 0.717) is 16.7 Å². The maximum absolute atomic E-state index is 13.8. The van der Waals surface area contributed by atoms with E-state index in [-0.39, 0.29) is 6.04 Å². The molecule has 1 fully saturated rings. The van der Waals surface area contributed by atoms with Crippen molar-refractivity contribution in [2.45, 2.75) is 44.6 Å². The molecule has 2 aromatic heterocycles. The molecule has 3 heterocycles. The van der Waals surface area contributed by atoms with Crippen LogP contribution in [0.5, 0.6) is 0 Å². The van der Waals surface area contributed by atoms with Gasteiger partial charge in [-0.3, -0.25) is 0 Å². The Morgan fingerprint density at radius 2 is 1.88 bits per heavy atom. The summed E-state index contributed by atoms with van der Waals surface area (Å²) in [6.07, 6.45) is 7.84. The number of aromatic amines is 1. The molecule has 0 spiro atoms. The third-order valence-electron chi connectivity index (χ3n) is 5.47. The normalized spacial score (nSPS) is 19.9. The van der Waals surface area contributed by atoms with Gasteiger partial charge in [0.05, 0.1) is 17.3 Å². The van der Waals surface area contributed by atoms with Crippen molar-refractivity contribution in [2.75, 3.05) is 11.4 Å². The Labute approximate surface area is 149 Å². The fraction of sp³-hybridized carbons (Fsp3) is 0.421. The Balaban J connectivity index is 1.58. The molecule has 0 saturated carbocycles. The van der Waals surface area contributed by atoms with Crippen molar-refractivity contribution < 1.29 is 8.78 Å². The van der Waals surface area contributed by atoms with E-state index in [0.717, 1.165) is 44.1 Å². The van der Waals surface area contributed by atoms with Crippen molar-refractivity contribution in [2.24, 2.45) is 0 Å². The van der Waals surface area contributed by atoms with Gasteiger partial charge in [0.1, 0.15) is 18.0 Å². The molecule has 1 aromatic carbocycles. The highest BCUT2D eigenvalue weighted by atomic mass is 19.2. The maximum Gasteiger partial charge on any atom is 0.161 e. The number of nitrogens with zero attached hydrogens (tertiary/aromatic N) is 4. The summed E-state index contributed by atoms with van der Waals surface area (Å²) < 4.78 is 27.4. The zero-order chi connectivity index (χ0) is 17.7. The van der Waals surface area contributed by atoms with Crippen molar-refractivity contribution in [1.82, 2.24) is 19.9 Å².